The van der Waals surface area contributed by atoms with E-state index in [2.05, 4.69) is 17.4 Å². The Morgan fingerprint density at radius 3 is 2.41 bits per heavy atom. The van der Waals surface area contributed by atoms with Gasteiger partial charge in [0.15, 0.2) is 0 Å². The van der Waals surface area contributed by atoms with Crippen molar-refractivity contribution in [3.63, 3.8) is 0 Å². The summed E-state index contributed by atoms with van der Waals surface area (Å²) in [5.74, 6) is 0.911. The predicted octanol–water partition coefficient (Wildman–Crippen LogP) is 2.25. The molecule has 0 amide bonds. The average Bonchev–Trinajstić information content (AvgIpc) is 2.38. The summed E-state index contributed by atoms with van der Waals surface area (Å²) in [5, 5.41) is 3.35. The van der Waals surface area contributed by atoms with Crippen molar-refractivity contribution in [2.75, 3.05) is 27.9 Å². The van der Waals surface area contributed by atoms with Gasteiger partial charge in [0, 0.05) is 19.8 Å². The van der Waals surface area contributed by atoms with E-state index in [1.807, 2.05) is 19.2 Å². The van der Waals surface area contributed by atoms with Crippen LogP contribution in [0.3, 0.4) is 0 Å². The number of likely N-dealkylation sites (N-methyl/N-ethyl adjacent to an activating group) is 1. The fourth-order valence-electron chi connectivity index (χ4n) is 1.87. The molecule has 96 valence electrons. The second-order valence-corrected chi connectivity index (χ2v) is 4.17. The minimum Gasteiger partial charge on any atom is -0.497 e. The van der Waals surface area contributed by atoms with Gasteiger partial charge < -0.3 is 14.8 Å². The van der Waals surface area contributed by atoms with Gasteiger partial charge in [0.2, 0.25) is 0 Å². The molecule has 0 bridgehead atoms. The van der Waals surface area contributed by atoms with Crippen molar-refractivity contribution in [3.8, 4) is 5.75 Å². The van der Waals surface area contributed by atoms with Gasteiger partial charge in [-0.3, -0.25) is 0 Å². The van der Waals surface area contributed by atoms with Gasteiger partial charge in [-0.1, -0.05) is 12.1 Å². The molecule has 0 aromatic heterocycles. The average molecular weight is 237 g/mol. The summed E-state index contributed by atoms with van der Waals surface area (Å²) in [6, 6.07) is 8.78. The molecular weight excluding hydrogens is 214 g/mol. The van der Waals surface area contributed by atoms with E-state index in [0.29, 0.717) is 6.04 Å². The van der Waals surface area contributed by atoms with Gasteiger partial charge in [-0.2, -0.15) is 0 Å². The normalized spacial score (nSPS) is 12.4. The topological polar surface area (TPSA) is 30.5 Å². The van der Waals surface area contributed by atoms with Crippen molar-refractivity contribution in [3.05, 3.63) is 29.8 Å². The molecule has 3 heteroatoms. The second kappa shape index (κ2) is 8.09. The van der Waals surface area contributed by atoms with E-state index >= 15 is 0 Å². The summed E-state index contributed by atoms with van der Waals surface area (Å²) < 4.78 is 10.2. The van der Waals surface area contributed by atoms with Crippen LogP contribution >= 0.6 is 0 Å². The fraction of sp³-hybridized carbons (Fsp3) is 0.571. The monoisotopic (exact) mass is 237 g/mol. The molecule has 3 nitrogen and oxygen atoms in total. The van der Waals surface area contributed by atoms with Crippen LogP contribution in [0.4, 0.5) is 0 Å². The molecule has 0 spiro atoms. The molecule has 1 N–H and O–H groups in total. The third kappa shape index (κ3) is 5.20. The van der Waals surface area contributed by atoms with Crippen molar-refractivity contribution in [1.29, 1.82) is 0 Å². The lowest BCUT2D eigenvalue weighted by Gasteiger charge is -2.16. The quantitative estimate of drug-likeness (QED) is 0.703. The number of benzene rings is 1. The number of hydrogen-bond donors (Lipinski definition) is 1. The summed E-state index contributed by atoms with van der Waals surface area (Å²) in [4.78, 5) is 0. The maximum Gasteiger partial charge on any atom is 0.118 e. The molecule has 0 fully saturated rings. The first-order valence-corrected chi connectivity index (χ1v) is 6.09. The SMILES string of the molecule is CNC(CCCOC)Cc1ccc(OC)cc1. The number of ether oxygens (including phenoxy) is 2. The molecule has 1 aromatic carbocycles. The highest BCUT2D eigenvalue weighted by Crippen LogP contribution is 2.14. The summed E-state index contributed by atoms with van der Waals surface area (Å²) >= 11 is 0. The Bertz CT molecular complexity index is 298. The molecule has 1 atom stereocenters. The van der Waals surface area contributed by atoms with Crippen LogP contribution in [0.15, 0.2) is 24.3 Å². The van der Waals surface area contributed by atoms with Gasteiger partial charge >= 0.3 is 0 Å². The molecule has 0 aliphatic heterocycles. The lowest BCUT2D eigenvalue weighted by molar-refractivity contribution is 0.189. The minimum atomic E-state index is 0.513. The lowest BCUT2D eigenvalue weighted by atomic mass is 10.0. The third-order valence-electron chi connectivity index (χ3n) is 2.95. The highest BCUT2D eigenvalue weighted by Gasteiger charge is 2.07. The molecule has 0 aliphatic rings. The Hall–Kier alpha value is -1.06. The van der Waals surface area contributed by atoms with Crippen LogP contribution in [0.25, 0.3) is 0 Å². The van der Waals surface area contributed by atoms with Gasteiger partial charge in [-0.05, 0) is 44.0 Å². The van der Waals surface area contributed by atoms with Crippen LogP contribution in [-0.4, -0.2) is 33.9 Å². The van der Waals surface area contributed by atoms with Crippen LogP contribution in [0.2, 0.25) is 0 Å². The summed E-state index contributed by atoms with van der Waals surface area (Å²) in [6.45, 7) is 0.834. The first kappa shape index (κ1) is 14.0. The third-order valence-corrected chi connectivity index (χ3v) is 2.95. The van der Waals surface area contributed by atoms with E-state index < -0.39 is 0 Å². The standard InChI is InChI=1S/C14H23NO2/c1-15-13(5-4-10-16-2)11-12-6-8-14(17-3)9-7-12/h6-9,13,15H,4-5,10-11H2,1-3H3. The molecular formula is C14H23NO2. The van der Waals surface area contributed by atoms with Gasteiger partial charge in [0.05, 0.1) is 7.11 Å². The number of hydrogen-bond acceptors (Lipinski definition) is 3. The van der Waals surface area contributed by atoms with Gasteiger partial charge in [0.1, 0.15) is 5.75 Å². The van der Waals surface area contributed by atoms with Crippen molar-refractivity contribution < 1.29 is 9.47 Å². The minimum absolute atomic E-state index is 0.513. The Morgan fingerprint density at radius 2 is 1.88 bits per heavy atom. The van der Waals surface area contributed by atoms with E-state index in [-0.39, 0.29) is 0 Å². The smallest absolute Gasteiger partial charge is 0.118 e. The van der Waals surface area contributed by atoms with E-state index in [0.717, 1.165) is 31.6 Å². The lowest BCUT2D eigenvalue weighted by Crippen LogP contribution is -2.27. The van der Waals surface area contributed by atoms with Crippen LogP contribution in [-0.2, 0) is 11.2 Å². The van der Waals surface area contributed by atoms with E-state index in [1.54, 1.807) is 14.2 Å². The van der Waals surface area contributed by atoms with Crippen molar-refractivity contribution >= 4 is 0 Å². The van der Waals surface area contributed by atoms with Crippen LogP contribution in [0, 0.1) is 0 Å². The fourth-order valence-corrected chi connectivity index (χ4v) is 1.87. The molecule has 1 aromatic rings. The highest BCUT2D eigenvalue weighted by molar-refractivity contribution is 5.27. The Morgan fingerprint density at radius 1 is 1.18 bits per heavy atom. The summed E-state index contributed by atoms with van der Waals surface area (Å²) in [5.41, 5.74) is 1.34. The highest BCUT2D eigenvalue weighted by atomic mass is 16.5. The molecule has 1 rings (SSSR count). The largest absolute Gasteiger partial charge is 0.497 e. The first-order valence-electron chi connectivity index (χ1n) is 6.09. The van der Waals surface area contributed by atoms with E-state index in [9.17, 15) is 0 Å². The Kier molecular flexibility index (Phi) is 6.67. The van der Waals surface area contributed by atoms with Crippen LogP contribution in [0.1, 0.15) is 18.4 Å². The zero-order valence-electron chi connectivity index (χ0n) is 11.0. The second-order valence-electron chi connectivity index (χ2n) is 4.17. The van der Waals surface area contributed by atoms with Gasteiger partial charge in [-0.15, -0.1) is 0 Å². The zero-order chi connectivity index (χ0) is 12.5. The number of rotatable bonds is 8. The molecule has 0 heterocycles. The number of methoxy groups -OCH3 is 2. The maximum absolute atomic E-state index is 5.15. The molecule has 0 saturated heterocycles. The first-order chi connectivity index (χ1) is 8.30. The summed E-state index contributed by atoms with van der Waals surface area (Å²) in [6.07, 6.45) is 3.28. The molecule has 0 aliphatic carbocycles. The van der Waals surface area contributed by atoms with Gasteiger partial charge in [0.25, 0.3) is 0 Å². The Labute approximate surface area is 104 Å². The van der Waals surface area contributed by atoms with Crippen molar-refractivity contribution in [1.82, 2.24) is 5.32 Å². The molecule has 17 heavy (non-hydrogen) atoms. The Balaban J connectivity index is 2.43. The molecule has 0 radical (unpaired) electrons. The van der Waals surface area contributed by atoms with Crippen molar-refractivity contribution in [2.24, 2.45) is 0 Å². The van der Waals surface area contributed by atoms with Crippen LogP contribution < -0.4 is 10.1 Å². The van der Waals surface area contributed by atoms with Gasteiger partial charge in [-0.25, -0.2) is 0 Å². The molecule has 0 saturated carbocycles. The predicted molar refractivity (Wildman–Crippen MR) is 70.7 cm³/mol. The maximum atomic E-state index is 5.15. The summed E-state index contributed by atoms with van der Waals surface area (Å²) in [7, 11) is 5.45. The van der Waals surface area contributed by atoms with Crippen molar-refractivity contribution in [2.45, 2.75) is 25.3 Å². The molecule has 1 unspecified atom stereocenters. The zero-order valence-corrected chi connectivity index (χ0v) is 11.0. The van der Waals surface area contributed by atoms with E-state index in [4.69, 9.17) is 9.47 Å². The van der Waals surface area contributed by atoms with E-state index in [1.165, 1.54) is 5.56 Å². The number of nitrogens with one attached hydrogen (secondary N) is 1. The van der Waals surface area contributed by atoms with Crippen LogP contribution in [0.5, 0.6) is 5.75 Å².